The van der Waals surface area contributed by atoms with Crippen molar-refractivity contribution in [3.63, 3.8) is 0 Å². The summed E-state index contributed by atoms with van der Waals surface area (Å²) in [4.78, 5) is 40.6. The minimum atomic E-state index is -2.27. The van der Waals surface area contributed by atoms with Gasteiger partial charge < -0.3 is 30.5 Å². The molecule has 0 aromatic carbocycles. The Bertz CT molecular complexity index is 1600. The highest BCUT2D eigenvalue weighted by Crippen LogP contribution is 2.34. The molecule has 2 unspecified atom stereocenters. The molecule has 1 amide bonds. The number of carboxylic acids is 2. The molecule has 5 rings (SSSR count). The lowest BCUT2D eigenvalue weighted by Gasteiger charge is -2.28. The summed E-state index contributed by atoms with van der Waals surface area (Å²) in [5.74, 6) is -5.60. The molecule has 1 aliphatic rings. The van der Waals surface area contributed by atoms with E-state index in [1.807, 2.05) is 6.92 Å². The number of nitrogens with one attached hydrogen (secondary N) is 2. The van der Waals surface area contributed by atoms with Crippen LogP contribution in [0.4, 0.5) is 14.5 Å². The summed E-state index contributed by atoms with van der Waals surface area (Å²) in [7, 11) is 0. The average Bonchev–Trinajstić information content (AvgIpc) is 3.80. The van der Waals surface area contributed by atoms with Gasteiger partial charge in [-0.3, -0.25) is 14.6 Å². The first kappa shape index (κ1) is 33.2. The summed E-state index contributed by atoms with van der Waals surface area (Å²) < 4.78 is 35.9. The van der Waals surface area contributed by atoms with Crippen LogP contribution in [0.5, 0.6) is 0 Å². The number of hydrogen-bond donors (Lipinski definition) is 6. The highest BCUT2D eigenvalue weighted by molar-refractivity contribution is 7.13. The van der Waals surface area contributed by atoms with Crippen molar-refractivity contribution in [2.24, 2.45) is 0 Å². The molecule has 1 saturated carbocycles. The van der Waals surface area contributed by atoms with Gasteiger partial charge >= 0.3 is 11.9 Å². The molecule has 0 radical (unpaired) electrons. The first-order chi connectivity index (χ1) is 21.5. The minimum absolute atomic E-state index is 0.0414. The number of rotatable bonds is 10. The number of hydrogen-bond acceptors (Lipinski definition) is 11. The fourth-order valence-electron chi connectivity index (χ4n) is 4.48. The number of ether oxygens (including phenoxy) is 1. The lowest BCUT2D eigenvalue weighted by Crippen LogP contribution is -2.39. The number of carbonyl (C=O) groups excluding carboxylic acids is 1. The van der Waals surface area contributed by atoms with Crippen molar-refractivity contribution in [1.29, 1.82) is 0 Å². The summed E-state index contributed by atoms with van der Waals surface area (Å²) in [5, 5.41) is 48.7. The van der Waals surface area contributed by atoms with E-state index in [-0.39, 0.29) is 34.9 Å². The van der Waals surface area contributed by atoms with Crippen LogP contribution in [0.1, 0.15) is 49.1 Å². The largest absolute Gasteiger partial charge is 0.479 e. The summed E-state index contributed by atoms with van der Waals surface area (Å²) >= 11 is 1.30. The van der Waals surface area contributed by atoms with Crippen molar-refractivity contribution in [1.82, 2.24) is 29.9 Å². The third-order valence-electron chi connectivity index (χ3n) is 6.72. The van der Waals surface area contributed by atoms with Gasteiger partial charge in [0.15, 0.2) is 18.0 Å². The van der Waals surface area contributed by atoms with Gasteiger partial charge in [-0.05, 0) is 44.7 Å². The smallest absolute Gasteiger partial charge is 0.335 e. The highest BCUT2D eigenvalue weighted by Gasteiger charge is 2.29. The Morgan fingerprint density at radius 2 is 1.78 bits per heavy atom. The van der Waals surface area contributed by atoms with E-state index >= 15 is 0 Å². The van der Waals surface area contributed by atoms with Gasteiger partial charge in [-0.15, -0.1) is 11.3 Å². The van der Waals surface area contributed by atoms with Gasteiger partial charge in [0.25, 0.3) is 5.91 Å². The van der Waals surface area contributed by atoms with Gasteiger partial charge in [-0.2, -0.15) is 14.6 Å². The fourth-order valence-corrected chi connectivity index (χ4v) is 5.26. The summed E-state index contributed by atoms with van der Waals surface area (Å²) in [6.45, 7) is 2.64. The lowest BCUT2D eigenvalue weighted by molar-refractivity contribution is -0.165. The number of aromatic amines is 1. The highest BCUT2D eigenvalue weighted by atomic mass is 32.1. The molecule has 0 saturated heterocycles. The summed E-state index contributed by atoms with van der Waals surface area (Å²) in [5.41, 5.74) is 0.981. The van der Waals surface area contributed by atoms with E-state index < -0.39 is 41.8 Å². The fraction of sp³-hybridized carbons (Fsp3) is 0.370. The van der Waals surface area contributed by atoms with Crippen molar-refractivity contribution >= 4 is 34.9 Å². The number of carbonyl (C=O) groups is 3. The van der Waals surface area contributed by atoms with E-state index in [0.29, 0.717) is 11.6 Å². The molecule has 2 atom stereocenters. The maximum absolute atomic E-state index is 14.6. The van der Waals surface area contributed by atoms with E-state index in [9.17, 15) is 23.2 Å². The Balaban J connectivity index is 0.000000399. The van der Waals surface area contributed by atoms with E-state index in [1.54, 1.807) is 28.7 Å². The monoisotopic (exact) mass is 649 g/mol. The summed E-state index contributed by atoms with van der Waals surface area (Å²) in [6, 6.07) is 1.97. The zero-order valence-corrected chi connectivity index (χ0v) is 24.4. The summed E-state index contributed by atoms with van der Waals surface area (Å²) in [6.07, 6.45) is 4.00. The number of amides is 1. The Morgan fingerprint density at radius 3 is 2.38 bits per heavy atom. The Hall–Kier alpha value is -4.65. The molecule has 4 heterocycles. The second-order valence-electron chi connectivity index (χ2n) is 9.77. The predicted octanol–water partition coefficient (Wildman–Crippen LogP) is 2.72. The van der Waals surface area contributed by atoms with Crippen molar-refractivity contribution in [2.75, 3.05) is 11.9 Å². The van der Waals surface area contributed by atoms with E-state index in [2.05, 4.69) is 30.6 Å². The number of aliphatic hydroxyl groups is 2. The van der Waals surface area contributed by atoms with E-state index in [1.165, 1.54) is 11.3 Å². The van der Waals surface area contributed by atoms with Crippen LogP contribution in [0, 0.1) is 11.8 Å². The zero-order valence-electron chi connectivity index (χ0n) is 23.6. The number of thiazole rings is 1. The van der Waals surface area contributed by atoms with Gasteiger partial charge in [-0.25, -0.2) is 23.9 Å². The third kappa shape index (κ3) is 8.29. The second-order valence-corrected chi connectivity index (χ2v) is 10.6. The van der Waals surface area contributed by atoms with Crippen LogP contribution in [0.2, 0.25) is 0 Å². The molecule has 240 valence electrons. The molecule has 0 spiro atoms. The molecule has 0 bridgehead atoms. The molecule has 15 nitrogen and oxygen atoms in total. The molecule has 18 heteroatoms. The van der Waals surface area contributed by atoms with E-state index in [4.69, 9.17) is 25.2 Å². The molecule has 4 aromatic rings. The maximum atomic E-state index is 14.6. The van der Waals surface area contributed by atoms with Crippen LogP contribution in [0.25, 0.3) is 22.0 Å². The molecule has 6 N–H and O–H groups in total. The molecule has 0 aliphatic heterocycles. The molecule has 1 aliphatic carbocycles. The zero-order chi connectivity index (χ0) is 32.7. The van der Waals surface area contributed by atoms with Crippen molar-refractivity contribution in [3.8, 4) is 22.0 Å². The quantitative estimate of drug-likeness (QED) is 0.136. The van der Waals surface area contributed by atoms with Crippen molar-refractivity contribution < 1.29 is 48.3 Å². The van der Waals surface area contributed by atoms with Gasteiger partial charge in [0.05, 0.1) is 24.0 Å². The first-order valence-electron chi connectivity index (χ1n) is 13.6. The van der Waals surface area contributed by atoms with Crippen LogP contribution in [0.15, 0.2) is 36.1 Å². The normalized spacial score (nSPS) is 17.5. The van der Waals surface area contributed by atoms with Crippen molar-refractivity contribution in [2.45, 2.75) is 57.0 Å². The molecule has 45 heavy (non-hydrogen) atoms. The van der Waals surface area contributed by atoms with Crippen LogP contribution in [-0.2, 0) is 14.3 Å². The standard InChI is InChI=1S/C23H23F2N7O2S.C4H6O6/c1-2-34-15-5-3-14(4-6-15)32-11-17(21(31-32)20-16(24)7-8-19(25)30-20)28-22(33)18-12-35-23(29-18)13-9-26-27-10-13;5-1(3(7)8)2(6)4(9)10/h7-12,14-15H,2-6H2,1H3,(H,26,27)(H,28,33);1-2,5-6H,(H,7,8)(H,9,10). The number of H-pyrrole nitrogens is 1. The van der Waals surface area contributed by atoms with Crippen LogP contribution in [0.3, 0.4) is 0 Å². The second kappa shape index (κ2) is 14.9. The van der Waals surface area contributed by atoms with Crippen molar-refractivity contribution in [3.05, 3.63) is 53.6 Å². The van der Waals surface area contributed by atoms with Crippen LogP contribution >= 0.6 is 11.3 Å². The first-order valence-corrected chi connectivity index (χ1v) is 14.5. The molecular formula is C27H29F2N7O8S. The number of carboxylic acid groups (broad SMARTS) is 2. The van der Waals surface area contributed by atoms with Gasteiger partial charge in [-0.1, -0.05) is 0 Å². The Kier molecular flexibility index (Phi) is 11.0. The number of aliphatic hydroxyl groups excluding tert-OH is 2. The van der Waals surface area contributed by atoms with Gasteiger partial charge in [0.1, 0.15) is 22.1 Å². The van der Waals surface area contributed by atoms with Gasteiger partial charge in [0.2, 0.25) is 5.95 Å². The minimum Gasteiger partial charge on any atom is -0.479 e. The van der Waals surface area contributed by atoms with Crippen LogP contribution < -0.4 is 5.32 Å². The van der Waals surface area contributed by atoms with Crippen LogP contribution in [-0.4, -0.2) is 93.1 Å². The predicted molar refractivity (Wildman–Crippen MR) is 153 cm³/mol. The number of nitrogens with zero attached hydrogens (tertiary/aromatic N) is 5. The molecular weight excluding hydrogens is 620 g/mol. The maximum Gasteiger partial charge on any atom is 0.335 e. The topological polar surface area (TPSA) is 226 Å². The number of aromatic nitrogens is 6. The van der Waals surface area contributed by atoms with E-state index in [0.717, 1.165) is 43.4 Å². The number of halogens is 2. The molecule has 4 aromatic heterocycles. The SMILES string of the molecule is CCOC1CCC(n2cc(NC(=O)c3csc(-c4cn[nH]c4)n3)c(-c3nc(F)ccc3F)n2)CC1.O=C(O)C(O)C(O)C(=O)O. The Morgan fingerprint density at radius 1 is 1.09 bits per heavy atom. The number of pyridine rings is 1. The average molecular weight is 650 g/mol. The third-order valence-corrected chi connectivity index (χ3v) is 7.62. The number of anilines is 1. The number of aliphatic carboxylic acids is 2. The van der Waals surface area contributed by atoms with Gasteiger partial charge in [0, 0.05) is 29.9 Å². The molecule has 1 fully saturated rings. The lowest BCUT2D eigenvalue weighted by atomic mass is 9.93. The Labute approximate surface area is 257 Å².